The number of Topliss-reactive ketones (excluding diaryl/α,β-unsaturated/α-hetero) is 1. The Labute approximate surface area is 170 Å². The van der Waals surface area contributed by atoms with Gasteiger partial charge >= 0.3 is 0 Å². The van der Waals surface area contributed by atoms with Gasteiger partial charge in [0.25, 0.3) is 0 Å². The van der Waals surface area contributed by atoms with Crippen LogP contribution in [0.1, 0.15) is 63.5 Å². The molecule has 2 unspecified atom stereocenters. The van der Waals surface area contributed by atoms with Crippen LogP contribution in [0.25, 0.3) is 0 Å². The Balaban J connectivity index is 1.51. The summed E-state index contributed by atoms with van der Waals surface area (Å²) in [5.41, 5.74) is 2.83. The second kappa shape index (κ2) is 7.85. The molecule has 0 N–H and O–H groups in total. The van der Waals surface area contributed by atoms with E-state index in [9.17, 15) is 4.79 Å². The maximum atomic E-state index is 13.8. The molecule has 4 rings (SSSR count). The van der Waals surface area contributed by atoms with Gasteiger partial charge < -0.3 is 0 Å². The van der Waals surface area contributed by atoms with Gasteiger partial charge in [0, 0.05) is 11.8 Å². The molecular formula is C27H34O. The van der Waals surface area contributed by atoms with Gasteiger partial charge in [-0.3, -0.25) is 4.79 Å². The highest BCUT2D eigenvalue weighted by Crippen LogP contribution is 2.58. The molecule has 0 heterocycles. The first-order valence-corrected chi connectivity index (χ1v) is 11.1. The highest BCUT2D eigenvalue weighted by molar-refractivity contribution is 5.85. The second-order valence-corrected chi connectivity index (χ2v) is 9.78. The number of hydrogen-bond donors (Lipinski definition) is 0. The Morgan fingerprint density at radius 1 is 0.679 bits per heavy atom. The summed E-state index contributed by atoms with van der Waals surface area (Å²) in [7, 11) is 0. The smallest absolute Gasteiger partial charge is 0.140 e. The van der Waals surface area contributed by atoms with Gasteiger partial charge in [-0.1, -0.05) is 88.4 Å². The molecule has 2 aliphatic carbocycles. The SMILES string of the molecule is CC(C)C(C(=O)C(C(C)C)[C@@H]1C[C@H]1c1ccccc1)[C@@H]1C[C@H]1c1ccccc1. The lowest BCUT2D eigenvalue weighted by molar-refractivity contribution is -0.131. The predicted octanol–water partition coefficient (Wildman–Crippen LogP) is 6.71. The van der Waals surface area contributed by atoms with E-state index in [-0.39, 0.29) is 11.8 Å². The number of ketones is 1. The van der Waals surface area contributed by atoms with Crippen molar-refractivity contribution >= 4 is 5.78 Å². The Morgan fingerprint density at radius 2 is 1.04 bits per heavy atom. The molecule has 0 spiro atoms. The van der Waals surface area contributed by atoms with Crippen molar-refractivity contribution in [3.8, 4) is 0 Å². The van der Waals surface area contributed by atoms with Crippen LogP contribution in [0.15, 0.2) is 60.7 Å². The summed E-state index contributed by atoms with van der Waals surface area (Å²) in [4.78, 5) is 13.8. The number of benzene rings is 2. The van der Waals surface area contributed by atoms with E-state index in [4.69, 9.17) is 0 Å². The van der Waals surface area contributed by atoms with Gasteiger partial charge in [0.05, 0.1) is 0 Å². The summed E-state index contributed by atoms with van der Waals surface area (Å²) in [6.45, 7) is 9.01. The quantitative estimate of drug-likeness (QED) is 0.502. The molecular weight excluding hydrogens is 340 g/mol. The maximum Gasteiger partial charge on any atom is 0.140 e. The summed E-state index contributed by atoms with van der Waals surface area (Å²) in [5, 5.41) is 0. The van der Waals surface area contributed by atoms with Gasteiger partial charge in [-0.2, -0.15) is 0 Å². The molecule has 0 aromatic heterocycles. The first-order valence-electron chi connectivity index (χ1n) is 11.1. The summed E-state index contributed by atoms with van der Waals surface area (Å²) in [6, 6.07) is 21.6. The molecule has 6 atom stereocenters. The lowest BCUT2D eigenvalue weighted by Gasteiger charge is -2.28. The Hall–Kier alpha value is -1.89. The van der Waals surface area contributed by atoms with E-state index in [0.717, 1.165) is 0 Å². The summed E-state index contributed by atoms with van der Waals surface area (Å²) in [6.07, 6.45) is 2.35. The fourth-order valence-corrected chi connectivity index (χ4v) is 5.68. The van der Waals surface area contributed by atoms with Crippen molar-refractivity contribution < 1.29 is 4.79 Å². The number of carbonyl (C=O) groups is 1. The standard InChI is InChI=1S/C27H34O/c1-17(2)25(23-15-21(23)19-11-7-5-8-12-19)27(28)26(18(3)4)24-16-22(24)20-13-9-6-10-14-20/h5-14,17-18,21-26H,15-16H2,1-4H3/t21-,22-,23+,24+,25?,26?/m0/s1. The lowest BCUT2D eigenvalue weighted by Crippen LogP contribution is -2.33. The van der Waals surface area contributed by atoms with Crippen molar-refractivity contribution in [2.45, 2.75) is 52.4 Å². The Kier molecular flexibility index (Phi) is 5.45. The van der Waals surface area contributed by atoms with Crippen molar-refractivity contribution in [3.05, 3.63) is 71.8 Å². The van der Waals surface area contributed by atoms with E-state index in [1.807, 2.05) is 0 Å². The number of rotatable bonds is 8. The van der Waals surface area contributed by atoms with Crippen LogP contribution in [0.5, 0.6) is 0 Å². The molecule has 1 nitrogen and oxygen atoms in total. The zero-order valence-electron chi connectivity index (χ0n) is 17.7. The summed E-state index contributed by atoms with van der Waals surface area (Å²) >= 11 is 0. The largest absolute Gasteiger partial charge is 0.299 e. The first-order chi connectivity index (χ1) is 13.5. The van der Waals surface area contributed by atoms with E-state index in [2.05, 4.69) is 88.4 Å². The van der Waals surface area contributed by atoms with Crippen LogP contribution < -0.4 is 0 Å². The fourth-order valence-electron chi connectivity index (χ4n) is 5.68. The van der Waals surface area contributed by atoms with Crippen LogP contribution >= 0.6 is 0 Å². The minimum atomic E-state index is 0.203. The molecule has 148 valence electrons. The summed E-state index contributed by atoms with van der Waals surface area (Å²) < 4.78 is 0. The minimum absolute atomic E-state index is 0.203. The van der Waals surface area contributed by atoms with Gasteiger partial charge in [0.1, 0.15) is 5.78 Å². The monoisotopic (exact) mass is 374 g/mol. The third kappa shape index (κ3) is 3.81. The van der Waals surface area contributed by atoms with Gasteiger partial charge in [-0.15, -0.1) is 0 Å². The van der Waals surface area contributed by atoms with E-state index >= 15 is 0 Å². The van der Waals surface area contributed by atoms with Gasteiger partial charge in [0.15, 0.2) is 0 Å². The normalized spacial score (nSPS) is 28.2. The topological polar surface area (TPSA) is 17.1 Å². The van der Waals surface area contributed by atoms with E-state index in [1.165, 1.54) is 24.0 Å². The molecule has 2 aliphatic rings. The van der Waals surface area contributed by atoms with Crippen molar-refractivity contribution in [2.75, 3.05) is 0 Å². The third-order valence-electron chi connectivity index (χ3n) is 7.15. The predicted molar refractivity (Wildman–Crippen MR) is 116 cm³/mol. The molecule has 0 aliphatic heterocycles. The zero-order chi connectivity index (χ0) is 19.8. The second-order valence-electron chi connectivity index (χ2n) is 9.78. The van der Waals surface area contributed by atoms with E-state index < -0.39 is 0 Å². The van der Waals surface area contributed by atoms with Crippen LogP contribution in [0, 0.1) is 35.5 Å². The molecule has 0 saturated heterocycles. The van der Waals surface area contributed by atoms with Crippen molar-refractivity contribution in [2.24, 2.45) is 35.5 Å². The molecule has 2 saturated carbocycles. The maximum absolute atomic E-state index is 13.8. The average Bonchev–Trinajstić information content (AvgIpc) is 3.59. The summed E-state index contributed by atoms with van der Waals surface area (Å²) in [5.74, 6) is 4.02. The highest BCUT2D eigenvalue weighted by atomic mass is 16.1. The van der Waals surface area contributed by atoms with Gasteiger partial charge in [-0.25, -0.2) is 0 Å². The molecule has 1 heteroatoms. The molecule has 0 amide bonds. The van der Waals surface area contributed by atoms with Crippen molar-refractivity contribution in [1.29, 1.82) is 0 Å². The number of carbonyl (C=O) groups excluding carboxylic acids is 1. The minimum Gasteiger partial charge on any atom is -0.299 e. The van der Waals surface area contributed by atoms with Crippen LogP contribution in [-0.2, 0) is 4.79 Å². The Morgan fingerprint density at radius 3 is 1.36 bits per heavy atom. The molecule has 2 aromatic carbocycles. The van der Waals surface area contributed by atoms with E-state index in [0.29, 0.717) is 41.3 Å². The molecule has 28 heavy (non-hydrogen) atoms. The van der Waals surface area contributed by atoms with E-state index in [1.54, 1.807) is 0 Å². The van der Waals surface area contributed by atoms with Crippen LogP contribution in [0.2, 0.25) is 0 Å². The van der Waals surface area contributed by atoms with Gasteiger partial charge in [-0.05, 0) is 59.5 Å². The molecule has 0 radical (unpaired) electrons. The van der Waals surface area contributed by atoms with Gasteiger partial charge in [0.2, 0.25) is 0 Å². The number of hydrogen-bond acceptors (Lipinski definition) is 1. The highest BCUT2D eigenvalue weighted by Gasteiger charge is 2.53. The molecule has 2 fully saturated rings. The molecule has 0 bridgehead atoms. The zero-order valence-corrected chi connectivity index (χ0v) is 17.7. The van der Waals surface area contributed by atoms with Crippen LogP contribution in [0.4, 0.5) is 0 Å². The van der Waals surface area contributed by atoms with Crippen LogP contribution in [0.3, 0.4) is 0 Å². The molecule has 2 aromatic rings. The van der Waals surface area contributed by atoms with Crippen molar-refractivity contribution in [3.63, 3.8) is 0 Å². The lowest BCUT2D eigenvalue weighted by atomic mass is 9.74. The van der Waals surface area contributed by atoms with Crippen LogP contribution in [-0.4, -0.2) is 5.78 Å². The third-order valence-corrected chi connectivity index (χ3v) is 7.15. The first kappa shape index (κ1) is 19.4. The fraction of sp³-hybridized carbons (Fsp3) is 0.519. The Bertz CT molecular complexity index is 724. The van der Waals surface area contributed by atoms with Crippen molar-refractivity contribution in [1.82, 2.24) is 0 Å². The average molecular weight is 375 g/mol.